The lowest BCUT2D eigenvalue weighted by Gasteiger charge is -2.01. The van der Waals surface area contributed by atoms with Crippen molar-refractivity contribution in [2.75, 3.05) is 0 Å². The molecule has 0 saturated carbocycles. The van der Waals surface area contributed by atoms with Crippen molar-refractivity contribution in [1.29, 1.82) is 0 Å². The van der Waals surface area contributed by atoms with Gasteiger partial charge in [0, 0.05) is 0 Å². The first kappa shape index (κ1) is 12.2. The molecule has 0 aromatic carbocycles. The zero-order valence-electron chi connectivity index (χ0n) is 8.07. The minimum absolute atomic E-state index is 0.127. The molecule has 6 heteroatoms. The van der Waals surface area contributed by atoms with Crippen LogP contribution in [0.3, 0.4) is 0 Å². The molecule has 2 aromatic rings. The fourth-order valence-electron chi connectivity index (χ4n) is 1.13. The molecule has 86 valence electrons. The highest BCUT2D eigenvalue weighted by Gasteiger charge is 2.11. The highest BCUT2D eigenvalue weighted by atomic mass is 127. The second-order valence-electron chi connectivity index (χ2n) is 2.99. The van der Waals surface area contributed by atoms with Crippen LogP contribution in [0.25, 0.3) is 0 Å². The van der Waals surface area contributed by atoms with E-state index >= 15 is 0 Å². The standard InChI is InChI=1S/C10H8I2O4/c11-7-1-2-14-9(7)5-15-10-8(12)3-6(4-13)16-10/h1-3,13H,4-5H2. The van der Waals surface area contributed by atoms with E-state index in [9.17, 15) is 0 Å². The van der Waals surface area contributed by atoms with E-state index in [0.29, 0.717) is 18.3 Å². The van der Waals surface area contributed by atoms with Crippen LogP contribution < -0.4 is 4.74 Å². The minimum atomic E-state index is -0.127. The van der Waals surface area contributed by atoms with Crippen LogP contribution in [0.4, 0.5) is 0 Å². The molecule has 0 bridgehead atoms. The summed E-state index contributed by atoms with van der Waals surface area (Å²) in [5, 5.41) is 8.90. The maximum Gasteiger partial charge on any atom is 0.299 e. The Bertz CT molecular complexity index is 475. The van der Waals surface area contributed by atoms with Gasteiger partial charge >= 0.3 is 0 Å². The lowest BCUT2D eigenvalue weighted by atomic mass is 10.5. The molecule has 0 radical (unpaired) electrons. The zero-order chi connectivity index (χ0) is 11.5. The molecule has 0 unspecified atom stereocenters. The number of rotatable bonds is 4. The molecule has 0 saturated heterocycles. The highest BCUT2D eigenvalue weighted by Crippen LogP contribution is 2.26. The van der Waals surface area contributed by atoms with Crippen LogP contribution in [-0.4, -0.2) is 5.11 Å². The second-order valence-corrected chi connectivity index (χ2v) is 5.31. The van der Waals surface area contributed by atoms with Crippen LogP contribution in [0.2, 0.25) is 0 Å². The molecule has 0 spiro atoms. The average Bonchev–Trinajstić information content (AvgIpc) is 2.82. The lowest BCUT2D eigenvalue weighted by molar-refractivity contribution is 0.185. The fourth-order valence-corrected chi connectivity index (χ4v) is 2.18. The summed E-state index contributed by atoms with van der Waals surface area (Å²) in [5.74, 6) is 1.67. The molecule has 2 heterocycles. The Hall–Kier alpha value is -0.220. The van der Waals surface area contributed by atoms with Gasteiger partial charge in [-0.1, -0.05) is 0 Å². The molecule has 2 aromatic heterocycles. The normalized spacial score (nSPS) is 10.7. The third kappa shape index (κ3) is 2.72. The molecule has 2 rings (SSSR count). The molecular formula is C10H8I2O4. The topological polar surface area (TPSA) is 55.7 Å². The molecule has 0 amide bonds. The van der Waals surface area contributed by atoms with Gasteiger partial charge in [0.25, 0.3) is 5.95 Å². The van der Waals surface area contributed by atoms with Crippen molar-refractivity contribution in [2.45, 2.75) is 13.2 Å². The van der Waals surface area contributed by atoms with Crippen LogP contribution in [0.15, 0.2) is 27.2 Å². The van der Waals surface area contributed by atoms with Crippen LogP contribution in [0, 0.1) is 7.14 Å². The van der Waals surface area contributed by atoms with Crippen LogP contribution >= 0.6 is 45.2 Å². The molecule has 0 aliphatic rings. The Labute approximate surface area is 119 Å². The van der Waals surface area contributed by atoms with Gasteiger partial charge in [-0.25, -0.2) is 0 Å². The van der Waals surface area contributed by atoms with Crippen molar-refractivity contribution in [3.8, 4) is 5.95 Å². The SMILES string of the molecule is OCc1cc(I)c(OCc2occc2I)o1. The average molecular weight is 446 g/mol. The molecule has 16 heavy (non-hydrogen) atoms. The van der Waals surface area contributed by atoms with E-state index in [1.807, 2.05) is 6.07 Å². The summed E-state index contributed by atoms with van der Waals surface area (Å²) in [6, 6.07) is 3.61. The summed E-state index contributed by atoms with van der Waals surface area (Å²) >= 11 is 4.27. The molecular weight excluding hydrogens is 438 g/mol. The first-order valence-corrected chi connectivity index (χ1v) is 6.60. The van der Waals surface area contributed by atoms with Gasteiger partial charge < -0.3 is 18.7 Å². The van der Waals surface area contributed by atoms with Gasteiger partial charge in [0.05, 0.1) is 13.4 Å². The van der Waals surface area contributed by atoms with Crippen molar-refractivity contribution in [2.24, 2.45) is 0 Å². The summed E-state index contributed by atoms with van der Waals surface area (Å²) in [7, 11) is 0. The Kier molecular flexibility index (Phi) is 4.14. The molecule has 0 atom stereocenters. The smallest absolute Gasteiger partial charge is 0.299 e. The fraction of sp³-hybridized carbons (Fsp3) is 0.200. The van der Waals surface area contributed by atoms with E-state index in [4.69, 9.17) is 18.7 Å². The summed E-state index contributed by atoms with van der Waals surface area (Å²) in [5.41, 5.74) is 0. The highest BCUT2D eigenvalue weighted by molar-refractivity contribution is 14.1. The van der Waals surface area contributed by atoms with Crippen LogP contribution in [0.5, 0.6) is 5.95 Å². The van der Waals surface area contributed by atoms with E-state index in [2.05, 4.69) is 45.2 Å². The zero-order valence-corrected chi connectivity index (χ0v) is 12.4. The van der Waals surface area contributed by atoms with Crippen molar-refractivity contribution in [1.82, 2.24) is 0 Å². The van der Waals surface area contributed by atoms with E-state index in [1.54, 1.807) is 12.3 Å². The van der Waals surface area contributed by atoms with Crippen molar-refractivity contribution >= 4 is 45.2 Å². The number of hydrogen-bond donors (Lipinski definition) is 1. The third-order valence-electron chi connectivity index (χ3n) is 1.89. The Morgan fingerprint density at radius 2 is 2.12 bits per heavy atom. The summed E-state index contributed by atoms with van der Waals surface area (Å²) < 4.78 is 17.8. The van der Waals surface area contributed by atoms with E-state index in [-0.39, 0.29) is 6.61 Å². The number of furan rings is 2. The van der Waals surface area contributed by atoms with Gasteiger partial charge in [-0.15, -0.1) is 0 Å². The summed E-state index contributed by atoms with van der Waals surface area (Å²) in [6.45, 7) is 0.192. The van der Waals surface area contributed by atoms with Crippen LogP contribution in [-0.2, 0) is 13.2 Å². The Morgan fingerprint density at radius 3 is 2.69 bits per heavy atom. The Morgan fingerprint density at radius 1 is 1.31 bits per heavy atom. The van der Waals surface area contributed by atoms with E-state index < -0.39 is 0 Å². The van der Waals surface area contributed by atoms with Crippen molar-refractivity contribution < 1.29 is 18.7 Å². The number of aliphatic hydroxyl groups is 1. The van der Waals surface area contributed by atoms with Crippen molar-refractivity contribution in [3.05, 3.63) is 37.1 Å². The number of ether oxygens (including phenoxy) is 1. The first-order valence-electron chi connectivity index (χ1n) is 4.44. The Balaban J connectivity index is 2.04. The minimum Gasteiger partial charge on any atom is -0.465 e. The maximum absolute atomic E-state index is 8.90. The monoisotopic (exact) mass is 446 g/mol. The van der Waals surface area contributed by atoms with E-state index in [0.717, 1.165) is 12.9 Å². The predicted molar refractivity (Wildman–Crippen MR) is 73.1 cm³/mol. The summed E-state index contributed by atoms with van der Waals surface area (Å²) in [6.07, 6.45) is 1.62. The quantitative estimate of drug-likeness (QED) is 0.734. The van der Waals surface area contributed by atoms with Gasteiger partial charge in [0.2, 0.25) is 0 Å². The van der Waals surface area contributed by atoms with Gasteiger partial charge in [0.15, 0.2) is 12.4 Å². The van der Waals surface area contributed by atoms with Gasteiger partial charge in [-0.05, 0) is 57.3 Å². The van der Waals surface area contributed by atoms with Gasteiger partial charge in [-0.3, -0.25) is 0 Å². The van der Waals surface area contributed by atoms with Gasteiger partial charge in [-0.2, -0.15) is 0 Å². The lowest BCUT2D eigenvalue weighted by Crippen LogP contribution is -1.95. The summed E-state index contributed by atoms with van der Waals surface area (Å²) in [4.78, 5) is 0. The molecule has 4 nitrogen and oxygen atoms in total. The van der Waals surface area contributed by atoms with Crippen LogP contribution in [0.1, 0.15) is 11.5 Å². The third-order valence-corrected chi connectivity index (χ3v) is 3.60. The van der Waals surface area contributed by atoms with E-state index in [1.165, 1.54) is 0 Å². The number of hydrogen-bond acceptors (Lipinski definition) is 4. The first-order chi connectivity index (χ1) is 7.70. The molecule has 0 fully saturated rings. The van der Waals surface area contributed by atoms with Gasteiger partial charge in [0.1, 0.15) is 12.4 Å². The second kappa shape index (κ2) is 5.41. The largest absolute Gasteiger partial charge is 0.465 e. The number of halogens is 2. The molecule has 0 aliphatic carbocycles. The number of aliphatic hydroxyl groups excluding tert-OH is 1. The van der Waals surface area contributed by atoms with Crippen molar-refractivity contribution in [3.63, 3.8) is 0 Å². The maximum atomic E-state index is 8.90. The predicted octanol–water partition coefficient (Wildman–Crippen LogP) is 3.15. The molecule has 1 N–H and O–H groups in total. The molecule has 0 aliphatic heterocycles.